The third-order valence-corrected chi connectivity index (χ3v) is 3.99. The van der Waals surface area contributed by atoms with Crippen LogP contribution in [0.2, 0.25) is 0 Å². The van der Waals surface area contributed by atoms with Gasteiger partial charge in [-0.05, 0) is 12.1 Å². The van der Waals surface area contributed by atoms with Crippen molar-refractivity contribution in [2.45, 2.75) is 6.92 Å². The second-order valence-electron chi connectivity index (χ2n) is 5.04. The highest BCUT2D eigenvalue weighted by atomic mass is 32.1. The number of benzene rings is 1. The zero-order valence-electron chi connectivity index (χ0n) is 11.2. The zero-order valence-corrected chi connectivity index (χ0v) is 12.0. The van der Waals surface area contributed by atoms with Gasteiger partial charge in [-0.2, -0.15) is 0 Å². The van der Waals surface area contributed by atoms with Crippen molar-refractivity contribution in [3.63, 3.8) is 0 Å². The molecular weight excluding hydrogens is 261 g/mol. The lowest BCUT2D eigenvalue weighted by molar-refractivity contribution is 0.244. The van der Waals surface area contributed by atoms with E-state index < -0.39 is 0 Å². The minimum Gasteiger partial charge on any atom is -0.393 e. The van der Waals surface area contributed by atoms with Crippen LogP contribution >= 0.6 is 12.2 Å². The molecule has 2 rings (SSSR count). The molecule has 1 aliphatic rings. The Hall–Kier alpha value is -1.20. The highest BCUT2D eigenvalue weighted by Crippen LogP contribution is 2.20. The fraction of sp³-hybridized carbons (Fsp3) is 0.500. The van der Waals surface area contributed by atoms with E-state index in [9.17, 15) is 4.39 Å². The van der Waals surface area contributed by atoms with Crippen molar-refractivity contribution in [3.05, 3.63) is 30.1 Å². The Kier molecular flexibility index (Phi) is 4.71. The molecule has 1 saturated heterocycles. The Bertz CT molecular complexity index is 444. The number of hydrogen-bond acceptors (Lipinski definition) is 3. The van der Waals surface area contributed by atoms with E-state index in [1.165, 1.54) is 6.07 Å². The van der Waals surface area contributed by atoms with Crippen LogP contribution < -0.4 is 10.6 Å². The third kappa shape index (κ3) is 3.64. The molecule has 0 spiro atoms. The third-order valence-electron chi connectivity index (χ3n) is 3.58. The van der Waals surface area contributed by atoms with Gasteiger partial charge in [-0.3, -0.25) is 4.90 Å². The molecule has 19 heavy (non-hydrogen) atoms. The van der Waals surface area contributed by atoms with E-state index in [4.69, 9.17) is 18.0 Å². The summed E-state index contributed by atoms with van der Waals surface area (Å²) < 4.78 is 13.7. The molecule has 1 unspecified atom stereocenters. The van der Waals surface area contributed by atoms with Crippen molar-refractivity contribution < 1.29 is 4.39 Å². The Balaban J connectivity index is 1.89. The molecule has 0 radical (unpaired) electrons. The molecule has 0 aromatic heterocycles. The van der Waals surface area contributed by atoms with Crippen molar-refractivity contribution in [1.29, 1.82) is 0 Å². The second kappa shape index (κ2) is 6.30. The number of rotatable bonds is 4. The first kappa shape index (κ1) is 14.2. The van der Waals surface area contributed by atoms with Crippen LogP contribution in [0.1, 0.15) is 6.92 Å². The van der Waals surface area contributed by atoms with Gasteiger partial charge in [0, 0.05) is 38.6 Å². The van der Waals surface area contributed by atoms with E-state index in [0.29, 0.717) is 10.7 Å². The number of para-hydroxylation sites is 1. The van der Waals surface area contributed by atoms with Crippen molar-refractivity contribution in [2.75, 3.05) is 37.6 Å². The Morgan fingerprint density at radius 2 is 1.95 bits per heavy atom. The average molecular weight is 281 g/mol. The topological polar surface area (TPSA) is 32.5 Å². The molecule has 5 heteroatoms. The number of nitrogens with two attached hydrogens (primary N) is 1. The van der Waals surface area contributed by atoms with E-state index in [1.54, 1.807) is 6.07 Å². The maximum Gasteiger partial charge on any atom is 0.146 e. The molecule has 2 N–H and O–H groups in total. The van der Waals surface area contributed by atoms with Crippen LogP contribution in [0.3, 0.4) is 0 Å². The quantitative estimate of drug-likeness (QED) is 0.854. The summed E-state index contributed by atoms with van der Waals surface area (Å²) in [6.07, 6.45) is 0. The molecule has 1 fully saturated rings. The molecule has 0 aliphatic carbocycles. The first-order chi connectivity index (χ1) is 9.08. The number of thiocarbonyl (C=S) groups is 1. The number of anilines is 1. The zero-order chi connectivity index (χ0) is 13.8. The summed E-state index contributed by atoms with van der Waals surface area (Å²) in [6.45, 7) is 6.45. The molecule has 0 saturated carbocycles. The fourth-order valence-electron chi connectivity index (χ4n) is 2.36. The van der Waals surface area contributed by atoms with Gasteiger partial charge in [-0.1, -0.05) is 31.3 Å². The van der Waals surface area contributed by atoms with Gasteiger partial charge < -0.3 is 10.6 Å². The SMILES string of the molecule is CC(CN1CCN(c2ccccc2F)CC1)C(N)=S. The predicted octanol–water partition coefficient (Wildman–Crippen LogP) is 1.87. The molecule has 0 bridgehead atoms. The van der Waals surface area contributed by atoms with Gasteiger partial charge in [0.1, 0.15) is 5.82 Å². The maximum absolute atomic E-state index is 13.7. The number of halogens is 1. The lowest BCUT2D eigenvalue weighted by Crippen LogP contribution is -2.48. The Morgan fingerprint density at radius 3 is 2.53 bits per heavy atom. The molecule has 1 aromatic rings. The Morgan fingerprint density at radius 1 is 1.32 bits per heavy atom. The van der Waals surface area contributed by atoms with Crippen LogP contribution in [0.25, 0.3) is 0 Å². The van der Waals surface area contributed by atoms with Gasteiger partial charge in [-0.25, -0.2) is 4.39 Å². The van der Waals surface area contributed by atoms with E-state index in [2.05, 4.69) is 9.80 Å². The van der Waals surface area contributed by atoms with E-state index >= 15 is 0 Å². The molecule has 1 heterocycles. The normalized spacial score (nSPS) is 18.3. The largest absolute Gasteiger partial charge is 0.393 e. The highest BCUT2D eigenvalue weighted by Gasteiger charge is 2.20. The molecule has 1 aromatic carbocycles. The number of nitrogens with zero attached hydrogens (tertiary/aromatic N) is 2. The number of piperazine rings is 1. The van der Waals surface area contributed by atoms with Crippen molar-refractivity contribution in [3.8, 4) is 0 Å². The summed E-state index contributed by atoms with van der Waals surface area (Å²) in [5.41, 5.74) is 6.33. The van der Waals surface area contributed by atoms with E-state index in [1.807, 2.05) is 19.1 Å². The summed E-state index contributed by atoms with van der Waals surface area (Å²) in [5, 5.41) is 0. The number of hydrogen-bond donors (Lipinski definition) is 1. The summed E-state index contributed by atoms with van der Waals surface area (Å²) in [6, 6.07) is 6.94. The standard InChI is InChI=1S/C14H20FN3S/c1-11(14(16)19)10-17-6-8-18(9-7-17)13-5-3-2-4-12(13)15/h2-5,11H,6-10H2,1H3,(H2,16,19). The van der Waals surface area contributed by atoms with Gasteiger partial charge in [0.05, 0.1) is 10.7 Å². The second-order valence-corrected chi connectivity index (χ2v) is 5.51. The van der Waals surface area contributed by atoms with Gasteiger partial charge >= 0.3 is 0 Å². The van der Waals surface area contributed by atoms with E-state index in [-0.39, 0.29) is 11.7 Å². The fourth-order valence-corrected chi connectivity index (χ4v) is 2.43. The van der Waals surface area contributed by atoms with Crippen molar-refractivity contribution in [1.82, 2.24) is 4.90 Å². The van der Waals surface area contributed by atoms with Gasteiger partial charge in [0.15, 0.2) is 0 Å². The van der Waals surface area contributed by atoms with Gasteiger partial charge in [0.2, 0.25) is 0 Å². The predicted molar refractivity (Wildman–Crippen MR) is 81.0 cm³/mol. The van der Waals surface area contributed by atoms with Gasteiger partial charge in [0.25, 0.3) is 0 Å². The van der Waals surface area contributed by atoms with Crippen LogP contribution in [0.4, 0.5) is 10.1 Å². The molecular formula is C14H20FN3S. The summed E-state index contributed by atoms with van der Waals surface area (Å²) in [7, 11) is 0. The minimum absolute atomic E-state index is 0.146. The minimum atomic E-state index is -0.146. The van der Waals surface area contributed by atoms with Crippen LogP contribution in [0, 0.1) is 11.7 Å². The summed E-state index contributed by atoms with van der Waals surface area (Å²) >= 11 is 4.99. The Labute approximate surface area is 119 Å². The highest BCUT2D eigenvalue weighted by molar-refractivity contribution is 7.80. The first-order valence-corrected chi connectivity index (χ1v) is 7.00. The monoisotopic (exact) mass is 281 g/mol. The summed E-state index contributed by atoms with van der Waals surface area (Å²) in [5.74, 6) is 0.0856. The average Bonchev–Trinajstić information content (AvgIpc) is 2.40. The first-order valence-electron chi connectivity index (χ1n) is 6.59. The molecule has 3 nitrogen and oxygen atoms in total. The molecule has 0 amide bonds. The van der Waals surface area contributed by atoms with Crippen molar-refractivity contribution >= 4 is 22.9 Å². The molecule has 1 atom stereocenters. The molecule has 1 aliphatic heterocycles. The van der Waals surface area contributed by atoms with E-state index in [0.717, 1.165) is 32.7 Å². The van der Waals surface area contributed by atoms with Crippen LogP contribution in [0.15, 0.2) is 24.3 Å². The van der Waals surface area contributed by atoms with Crippen molar-refractivity contribution in [2.24, 2.45) is 11.7 Å². The van der Waals surface area contributed by atoms with Crippen LogP contribution in [-0.4, -0.2) is 42.6 Å². The molecule has 104 valence electrons. The van der Waals surface area contributed by atoms with Crippen LogP contribution in [-0.2, 0) is 0 Å². The maximum atomic E-state index is 13.7. The smallest absolute Gasteiger partial charge is 0.146 e. The lowest BCUT2D eigenvalue weighted by Gasteiger charge is -2.37. The lowest BCUT2D eigenvalue weighted by atomic mass is 10.1. The summed E-state index contributed by atoms with van der Waals surface area (Å²) in [4.78, 5) is 5.00. The van der Waals surface area contributed by atoms with Crippen LogP contribution in [0.5, 0.6) is 0 Å². The van der Waals surface area contributed by atoms with Gasteiger partial charge in [-0.15, -0.1) is 0 Å².